The van der Waals surface area contributed by atoms with E-state index in [0.717, 1.165) is 31.9 Å². The minimum Gasteiger partial charge on any atom is -0.375 e. The molecule has 0 bridgehead atoms. The summed E-state index contributed by atoms with van der Waals surface area (Å²) in [6.45, 7) is 7.56. The Kier molecular flexibility index (Phi) is 7.68. The smallest absolute Gasteiger partial charge is 0.289 e. The van der Waals surface area contributed by atoms with Crippen molar-refractivity contribution in [2.24, 2.45) is 5.73 Å². The number of nitro groups is 1. The van der Waals surface area contributed by atoms with Crippen molar-refractivity contribution in [2.45, 2.75) is 0 Å². The number of nitrogens with zero attached hydrogens (tertiary/aromatic N) is 3. The molecule has 112 valence electrons. The first-order chi connectivity index (χ1) is 9.58. The van der Waals surface area contributed by atoms with Crippen LogP contribution in [0.1, 0.15) is 0 Å². The Morgan fingerprint density at radius 3 is 2.60 bits per heavy atom. The molecule has 1 heterocycles. The van der Waals surface area contributed by atoms with Gasteiger partial charge in [0, 0.05) is 50.8 Å². The monoisotopic (exact) mass is 318 g/mol. The summed E-state index contributed by atoms with van der Waals surface area (Å²) in [5.74, 6) is 0.916. The summed E-state index contributed by atoms with van der Waals surface area (Å²) < 4.78 is 2.26. The van der Waals surface area contributed by atoms with Crippen LogP contribution in [0.3, 0.4) is 0 Å². The number of hydrogen-bond donors (Lipinski definition) is 1. The van der Waals surface area contributed by atoms with Crippen LogP contribution in [-0.2, 0) is 0 Å². The van der Waals surface area contributed by atoms with Crippen LogP contribution in [0.25, 0.3) is 0 Å². The van der Waals surface area contributed by atoms with Crippen molar-refractivity contribution in [3.05, 3.63) is 45.8 Å². The van der Waals surface area contributed by atoms with Crippen LogP contribution in [-0.4, -0.2) is 52.6 Å². The van der Waals surface area contributed by atoms with Crippen LogP contribution in [0.15, 0.2) is 35.7 Å². The Balaban J connectivity index is 2.52. The summed E-state index contributed by atoms with van der Waals surface area (Å²) in [5.41, 5.74) is 5.33. The third-order valence-corrected chi connectivity index (χ3v) is 4.23. The maximum absolute atomic E-state index is 10.9. The second-order valence-corrected chi connectivity index (χ2v) is 5.69. The summed E-state index contributed by atoms with van der Waals surface area (Å²) in [6, 6.07) is 0. The molecule has 0 unspecified atom stereocenters. The van der Waals surface area contributed by atoms with Crippen molar-refractivity contribution in [3.8, 4) is 0 Å². The summed E-state index contributed by atoms with van der Waals surface area (Å²) in [7, 11) is 0. The number of hydrogen-bond acceptors (Lipinski definition) is 6. The number of piperazine rings is 1. The van der Waals surface area contributed by atoms with Crippen molar-refractivity contribution in [1.29, 1.82) is 0 Å². The fourth-order valence-corrected chi connectivity index (χ4v) is 2.59. The molecule has 8 heteroatoms. The molecule has 1 fully saturated rings. The lowest BCUT2D eigenvalue weighted by Gasteiger charge is -2.33. The normalized spacial score (nSPS) is 18.2. The molecule has 0 aromatic heterocycles. The molecule has 0 amide bonds. The van der Waals surface area contributed by atoms with E-state index in [1.165, 1.54) is 12.2 Å². The van der Waals surface area contributed by atoms with Crippen molar-refractivity contribution in [3.63, 3.8) is 0 Å². The van der Waals surface area contributed by atoms with Gasteiger partial charge in [-0.15, -0.1) is 0 Å². The Hall–Kier alpha value is -1.02. The van der Waals surface area contributed by atoms with Crippen molar-refractivity contribution < 1.29 is 4.92 Å². The van der Waals surface area contributed by atoms with E-state index in [1.54, 1.807) is 18.1 Å². The molecule has 0 radical (unpaired) electrons. The van der Waals surface area contributed by atoms with E-state index in [4.69, 9.17) is 17.3 Å². The van der Waals surface area contributed by atoms with E-state index < -0.39 is 4.92 Å². The van der Waals surface area contributed by atoms with Crippen LogP contribution in [0.5, 0.6) is 0 Å². The quantitative estimate of drug-likeness (QED) is 0.333. The summed E-state index contributed by atoms with van der Waals surface area (Å²) in [4.78, 5) is 12.4. The van der Waals surface area contributed by atoms with Gasteiger partial charge in [-0.3, -0.25) is 10.1 Å². The van der Waals surface area contributed by atoms with Crippen LogP contribution in [0, 0.1) is 10.1 Å². The lowest BCUT2D eigenvalue weighted by Crippen LogP contribution is -2.41. The van der Waals surface area contributed by atoms with Crippen LogP contribution >= 0.6 is 23.5 Å². The van der Waals surface area contributed by atoms with Gasteiger partial charge in [0.25, 0.3) is 5.70 Å². The highest BCUT2D eigenvalue weighted by atomic mass is 35.5. The van der Waals surface area contributed by atoms with Gasteiger partial charge >= 0.3 is 0 Å². The second kappa shape index (κ2) is 9.02. The van der Waals surface area contributed by atoms with Crippen molar-refractivity contribution >= 4 is 23.5 Å². The zero-order valence-electron chi connectivity index (χ0n) is 11.2. The van der Waals surface area contributed by atoms with Crippen LogP contribution in [0.4, 0.5) is 0 Å². The first-order valence-corrected chi connectivity index (χ1v) is 7.57. The molecular weight excluding hydrogens is 300 g/mol. The van der Waals surface area contributed by atoms with Gasteiger partial charge in [0.05, 0.1) is 4.92 Å². The molecule has 1 saturated heterocycles. The minimum absolute atomic E-state index is 0.0448. The van der Waals surface area contributed by atoms with Crippen LogP contribution < -0.4 is 5.73 Å². The summed E-state index contributed by atoms with van der Waals surface area (Å²) in [5, 5.41) is 10.9. The van der Waals surface area contributed by atoms with Gasteiger partial charge in [0.1, 0.15) is 5.03 Å². The standard InChI is InChI=1S/C12H19ClN4O2S/c1-2-11(13)12(17(18)19)3-5-15-6-8-16(9-7-15)20-10-4-14/h2-3,5H,1,4,6-10,14H2/b5-3+,12-11-. The van der Waals surface area contributed by atoms with Crippen molar-refractivity contribution in [2.75, 3.05) is 38.5 Å². The van der Waals surface area contributed by atoms with E-state index in [1.807, 2.05) is 4.90 Å². The average Bonchev–Trinajstić information content (AvgIpc) is 2.45. The minimum atomic E-state index is -0.506. The molecule has 0 atom stereocenters. The third kappa shape index (κ3) is 5.54. The first kappa shape index (κ1) is 17.0. The second-order valence-electron chi connectivity index (χ2n) is 4.10. The van der Waals surface area contributed by atoms with Crippen molar-refractivity contribution in [1.82, 2.24) is 9.21 Å². The SMILES string of the molecule is C=C/C(Cl)=C(\C=C\N1CCN(SCCN)CC1)[N+](=O)[O-]. The molecule has 0 aromatic carbocycles. The van der Waals surface area contributed by atoms with E-state index in [9.17, 15) is 10.1 Å². The van der Waals surface area contributed by atoms with Gasteiger partial charge in [-0.05, 0) is 6.08 Å². The predicted molar refractivity (Wildman–Crippen MR) is 83.9 cm³/mol. The number of allylic oxidation sites excluding steroid dienone is 3. The van der Waals surface area contributed by atoms with E-state index in [-0.39, 0.29) is 10.7 Å². The van der Waals surface area contributed by atoms with Crippen LogP contribution in [0.2, 0.25) is 0 Å². The predicted octanol–water partition coefficient (Wildman–Crippen LogP) is 1.64. The Labute approximate surface area is 128 Å². The molecular formula is C12H19ClN4O2S. The fourth-order valence-electron chi connectivity index (χ4n) is 1.67. The zero-order valence-corrected chi connectivity index (χ0v) is 12.8. The lowest BCUT2D eigenvalue weighted by molar-refractivity contribution is -0.419. The highest BCUT2D eigenvalue weighted by Gasteiger charge is 2.16. The number of rotatable bonds is 7. The molecule has 1 aliphatic rings. The molecule has 0 aromatic rings. The highest BCUT2D eigenvalue weighted by molar-refractivity contribution is 7.97. The number of nitrogens with two attached hydrogens (primary N) is 1. The molecule has 1 rings (SSSR count). The number of halogens is 1. The molecule has 0 aliphatic carbocycles. The Morgan fingerprint density at radius 2 is 2.10 bits per heavy atom. The Morgan fingerprint density at radius 1 is 1.45 bits per heavy atom. The maximum atomic E-state index is 10.9. The van der Waals surface area contributed by atoms with Gasteiger partial charge in [0.15, 0.2) is 0 Å². The molecule has 1 aliphatic heterocycles. The first-order valence-electron chi connectivity index (χ1n) is 6.25. The molecule has 20 heavy (non-hydrogen) atoms. The molecule has 6 nitrogen and oxygen atoms in total. The van der Waals surface area contributed by atoms with E-state index >= 15 is 0 Å². The van der Waals surface area contributed by atoms with Gasteiger partial charge in [-0.1, -0.05) is 30.1 Å². The Bertz CT molecular complexity index is 406. The zero-order chi connectivity index (χ0) is 15.0. The average molecular weight is 319 g/mol. The summed E-state index contributed by atoms with van der Waals surface area (Å²) >= 11 is 7.49. The van der Waals surface area contributed by atoms with Gasteiger partial charge in [-0.2, -0.15) is 0 Å². The maximum Gasteiger partial charge on any atom is 0.289 e. The van der Waals surface area contributed by atoms with Gasteiger partial charge < -0.3 is 10.6 Å². The molecule has 0 saturated carbocycles. The fraction of sp³-hybridized carbons (Fsp3) is 0.500. The molecule has 2 N–H and O–H groups in total. The van der Waals surface area contributed by atoms with E-state index in [0.29, 0.717) is 6.54 Å². The lowest BCUT2D eigenvalue weighted by atomic mass is 10.3. The molecule has 0 spiro atoms. The summed E-state index contributed by atoms with van der Waals surface area (Å²) in [6.07, 6.45) is 4.41. The van der Waals surface area contributed by atoms with Gasteiger partial charge in [0.2, 0.25) is 0 Å². The topological polar surface area (TPSA) is 75.6 Å². The van der Waals surface area contributed by atoms with Gasteiger partial charge in [-0.25, -0.2) is 4.31 Å². The largest absolute Gasteiger partial charge is 0.375 e. The third-order valence-electron chi connectivity index (χ3n) is 2.73. The van der Waals surface area contributed by atoms with E-state index in [2.05, 4.69) is 10.9 Å². The highest BCUT2D eigenvalue weighted by Crippen LogP contribution is 2.15.